The van der Waals surface area contributed by atoms with E-state index in [1.54, 1.807) is 0 Å². The lowest BCUT2D eigenvalue weighted by Gasteiger charge is -2.18. The van der Waals surface area contributed by atoms with Crippen molar-refractivity contribution in [2.75, 3.05) is 0 Å². The molecule has 0 spiro atoms. The van der Waals surface area contributed by atoms with Crippen molar-refractivity contribution in [1.29, 1.82) is 0 Å². The molecule has 0 nitrogen and oxygen atoms in total. The summed E-state index contributed by atoms with van der Waals surface area (Å²) >= 11 is 0. The standard InChI is InChI=1S/C10H20Si/c1-9(2)7-8-10(3)11(4,5)6/h7H,3,8H2,1-2,4-6H3. The fourth-order valence-corrected chi connectivity index (χ4v) is 1.35. The van der Waals surface area contributed by atoms with Gasteiger partial charge in [-0.25, -0.2) is 0 Å². The Kier molecular flexibility index (Phi) is 3.80. The summed E-state index contributed by atoms with van der Waals surface area (Å²) in [5.41, 5.74) is 1.39. The van der Waals surface area contributed by atoms with Crippen LogP contribution in [-0.4, -0.2) is 8.07 Å². The molecular formula is C10H20Si. The maximum absolute atomic E-state index is 4.12. The van der Waals surface area contributed by atoms with Gasteiger partial charge in [0.1, 0.15) is 0 Å². The van der Waals surface area contributed by atoms with Crippen molar-refractivity contribution in [2.45, 2.75) is 39.9 Å². The smallest absolute Gasteiger partial charge is 0.0720 e. The fraction of sp³-hybridized carbons (Fsp3) is 0.600. The summed E-state index contributed by atoms with van der Waals surface area (Å²) in [6.07, 6.45) is 3.35. The predicted molar refractivity (Wildman–Crippen MR) is 56.5 cm³/mol. The molecule has 0 aromatic rings. The number of hydrogen-bond acceptors (Lipinski definition) is 0. The van der Waals surface area contributed by atoms with Crippen molar-refractivity contribution >= 4 is 8.07 Å². The molecule has 0 radical (unpaired) electrons. The minimum absolute atomic E-state index is 1.07. The highest BCUT2D eigenvalue weighted by molar-refractivity contribution is 6.83. The molecule has 0 unspecified atom stereocenters. The van der Waals surface area contributed by atoms with Crippen LogP contribution >= 0.6 is 0 Å². The SMILES string of the molecule is C=C(CC=C(C)C)[Si](C)(C)C. The van der Waals surface area contributed by atoms with Crippen molar-refractivity contribution in [3.63, 3.8) is 0 Å². The van der Waals surface area contributed by atoms with Crippen LogP contribution < -0.4 is 0 Å². The van der Waals surface area contributed by atoms with Gasteiger partial charge in [-0.2, -0.15) is 0 Å². The summed E-state index contributed by atoms with van der Waals surface area (Å²) in [6, 6.07) is 0. The average molecular weight is 168 g/mol. The average Bonchev–Trinajstić information content (AvgIpc) is 1.80. The molecule has 0 saturated heterocycles. The second-order valence-electron chi connectivity index (χ2n) is 4.34. The van der Waals surface area contributed by atoms with Crippen LogP contribution in [0.25, 0.3) is 0 Å². The van der Waals surface area contributed by atoms with Crippen molar-refractivity contribution in [2.24, 2.45) is 0 Å². The second kappa shape index (κ2) is 3.91. The monoisotopic (exact) mass is 168 g/mol. The Morgan fingerprint density at radius 3 is 2.00 bits per heavy atom. The molecule has 0 fully saturated rings. The molecule has 0 rings (SSSR count). The first-order valence-electron chi connectivity index (χ1n) is 4.15. The van der Waals surface area contributed by atoms with Crippen LogP contribution in [0.15, 0.2) is 23.4 Å². The molecule has 0 amide bonds. The first kappa shape index (κ1) is 10.7. The minimum Gasteiger partial charge on any atom is -0.103 e. The van der Waals surface area contributed by atoms with E-state index in [0.717, 1.165) is 6.42 Å². The van der Waals surface area contributed by atoms with Crippen LogP contribution in [0, 0.1) is 0 Å². The number of hydrogen-bond donors (Lipinski definition) is 0. The maximum atomic E-state index is 4.12. The Hall–Kier alpha value is -0.303. The van der Waals surface area contributed by atoms with Gasteiger partial charge in [0.2, 0.25) is 0 Å². The normalized spacial score (nSPS) is 11.0. The van der Waals surface area contributed by atoms with Crippen LogP contribution in [0.3, 0.4) is 0 Å². The van der Waals surface area contributed by atoms with E-state index in [9.17, 15) is 0 Å². The van der Waals surface area contributed by atoms with E-state index in [1.165, 1.54) is 10.8 Å². The van der Waals surface area contributed by atoms with Gasteiger partial charge in [-0.15, -0.1) is 6.58 Å². The van der Waals surface area contributed by atoms with Crippen LogP contribution in [0.5, 0.6) is 0 Å². The van der Waals surface area contributed by atoms with E-state index in [-0.39, 0.29) is 0 Å². The van der Waals surface area contributed by atoms with Gasteiger partial charge in [0, 0.05) is 0 Å². The molecule has 1 heteroatoms. The lowest BCUT2D eigenvalue weighted by molar-refractivity contribution is 1.24. The molecule has 11 heavy (non-hydrogen) atoms. The van der Waals surface area contributed by atoms with Gasteiger partial charge in [-0.1, -0.05) is 36.5 Å². The second-order valence-corrected chi connectivity index (χ2v) is 9.55. The highest BCUT2D eigenvalue weighted by Gasteiger charge is 2.15. The van der Waals surface area contributed by atoms with E-state index in [4.69, 9.17) is 0 Å². The molecular weight excluding hydrogens is 148 g/mol. The van der Waals surface area contributed by atoms with Crippen molar-refractivity contribution < 1.29 is 0 Å². The molecule has 0 aliphatic heterocycles. The minimum atomic E-state index is -1.07. The third-order valence-corrected chi connectivity index (χ3v) is 4.14. The van der Waals surface area contributed by atoms with Crippen molar-refractivity contribution in [3.05, 3.63) is 23.4 Å². The Balaban J connectivity index is 4.01. The molecule has 0 aliphatic rings. The Morgan fingerprint density at radius 2 is 1.73 bits per heavy atom. The van der Waals surface area contributed by atoms with Gasteiger partial charge in [0.05, 0.1) is 8.07 Å². The van der Waals surface area contributed by atoms with Gasteiger partial charge in [0.15, 0.2) is 0 Å². The largest absolute Gasteiger partial charge is 0.103 e. The van der Waals surface area contributed by atoms with E-state index in [1.807, 2.05) is 0 Å². The maximum Gasteiger partial charge on any atom is 0.0720 e. The van der Waals surface area contributed by atoms with Gasteiger partial charge in [-0.3, -0.25) is 0 Å². The van der Waals surface area contributed by atoms with Gasteiger partial charge < -0.3 is 0 Å². The molecule has 0 bridgehead atoms. The first-order valence-corrected chi connectivity index (χ1v) is 7.65. The van der Waals surface area contributed by atoms with E-state index < -0.39 is 8.07 Å². The van der Waals surface area contributed by atoms with Crippen LogP contribution in [0.4, 0.5) is 0 Å². The zero-order chi connectivity index (χ0) is 9.07. The Labute approximate surface area is 72.0 Å². The zero-order valence-corrected chi connectivity index (χ0v) is 9.49. The zero-order valence-electron chi connectivity index (χ0n) is 8.49. The molecule has 0 heterocycles. The highest BCUT2D eigenvalue weighted by atomic mass is 28.3. The van der Waals surface area contributed by atoms with Crippen LogP contribution in [0.1, 0.15) is 20.3 Å². The predicted octanol–water partition coefficient (Wildman–Crippen LogP) is 3.78. The third-order valence-electron chi connectivity index (χ3n) is 1.82. The molecule has 0 aromatic carbocycles. The Bertz CT molecular complexity index is 166. The Morgan fingerprint density at radius 1 is 1.27 bits per heavy atom. The summed E-state index contributed by atoms with van der Waals surface area (Å²) in [7, 11) is -1.07. The fourth-order valence-electron chi connectivity index (χ4n) is 0.634. The van der Waals surface area contributed by atoms with E-state index in [0.29, 0.717) is 0 Å². The molecule has 0 atom stereocenters. The lowest BCUT2D eigenvalue weighted by Crippen LogP contribution is -2.22. The highest BCUT2D eigenvalue weighted by Crippen LogP contribution is 2.16. The quantitative estimate of drug-likeness (QED) is 0.444. The summed E-state index contributed by atoms with van der Waals surface area (Å²) in [5.74, 6) is 0. The molecule has 0 aromatic heterocycles. The van der Waals surface area contributed by atoms with Crippen molar-refractivity contribution in [1.82, 2.24) is 0 Å². The molecule has 0 aliphatic carbocycles. The number of rotatable bonds is 3. The lowest BCUT2D eigenvalue weighted by atomic mass is 10.3. The van der Waals surface area contributed by atoms with Gasteiger partial charge in [0.25, 0.3) is 0 Å². The van der Waals surface area contributed by atoms with Crippen LogP contribution in [-0.2, 0) is 0 Å². The summed E-state index contributed by atoms with van der Waals surface area (Å²) in [5, 5.41) is 1.44. The van der Waals surface area contributed by atoms with Crippen LogP contribution in [0.2, 0.25) is 19.6 Å². The van der Waals surface area contributed by atoms with Crippen molar-refractivity contribution in [3.8, 4) is 0 Å². The molecule has 64 valence electrons. The topological polar surface area (TPSA) is 0 Å². The van der Waals surface area contributed by atoms with Gasteiger partial charge in [-0.05, 0) is 20.3 Å². The molecule has 0 N–H and O–H groups in total. The number of allylic oxidation sites excluding steroid dienone is 3. The van der Waals surface area contributed by atoms with Gasteiger partial charge >= 0.3 is 0 Å². The summed E-state index contributed by atoms with van der Waals surface area (Å²) in [4.78, 5) is 0. The summed E-state index contributed by atoms with van der Waals surface area (Å²) < 4.78 is 0. The third kappa shape index (κ3) is 5.02. The summed E-state index contributed by atoms with van der Waals surface area (Å²) in [6.45, 7) is 15.4. The van der Waals surface area contributed by atoms with E-state index >= 15 is 0 Å². The van der Waals surface area contributed by atoms with E-state index in [2.05, 4.69) is 46.1 Å². The first-order chi connectivity index (χ1) is 4.84. The molecule has 0 saturated carbocycles.